The molecule has 2 fully saturated rings. The average molecular weight is 383 g/mol. The van der Waals surface area contributed by atoms with Crippen LogP contribution in [0.4, 0.5) is 0 Å². The van der Waals surface area contributed by atoms with E-state index in [0.717, 1.165) is 58.4 Å². The third kappa shape index (κ3) is 6.93. The summed E-state index contributed by atoms with van der Waals surface area (Å²) in [6, 6.07) is 1.08. The number of aliphatic imine (C=N–C) groups is 1. The highest BCUT2D eigenvalue weighted by atomic mass is 16.5. The molecule has 8 heteroatoms. The maximum Gasteiger partial charge on any atom is 0.234 e. The number of guanidine groups is 1. The molecule has 2 atom stereocenters. The predicted octanol–water partition coefficient (Wildman–Crippen LogP) is -0.187. The fraction of sp³-hybridized carbons (Fsp3) is 0.895. The molecule has 8 nitrogen and oxygen atoms in total. The van der Waals surface area contributed by atoms with E-state index in [1.54, 1.807) is 0 Å². The molecule has 0 bridgehead atoms. The minimum atomic E-state index is 0.106. The molecule has 2 aliphatic heterocycles. The predicted molar refractivity (Wildman–Crippen MR) is 109 cm³/mol. The molecular weight excluding hydrogens is 344 g/mol. The van der Waals surface area contributed by atoms with Crippen molar-refractivity contribution in [3.8, 4) is 0 Å². The molecule has 2 saturated heterocycles. The number of nitrogens with zero attached hydrogens (tertiary/aromatic N) is 4. The third-order valence-corrected chi connectivity index (χ3v) is 5.24. The molecule has 0 radical (unpaired) electrons. The summed E-state index contributed by atoms with van der Waals surface area (Å²) in [4.78, 5) is 23.4. The van der Waals surface area contributed by atoms with Crippen LogP contribution in [0.1, 0.15) is 27.7 Å². The van der Waals surface area contributed by atoms with E-state index in [9.17, 15) is 4.79 Å². The Hall–Kier alpha value is -1.38. The van der Waals surface area contributed by atoms with Crippen LogP contribution in [-0.4, -0.2) is 111 Å². The van der Waals surface area contributed by atoms with Gasteiger partial charge in [0.05, 0.1) is 19.8 Å². The number of morpholine rings is 1. The van der Waals surface area contributed by atoms with Crippen molar-refractivity contribution in [2.24, 2.45) is 4.99 Å². The van der Waals surface area contributed by atoms with Crippen molar-refractivity contribution in [3.05, 3.63) is 0 Å². The summed E-state index contributed by atoms with van der Waals surface area (Å²) in [5, 5.41) is 6.49. The minimum absolute atomic E-state index is 0.106. The maximum atomic E-state index is 11.9. The van der Waals surface area contributed by atoms with E-state index in [2.05, 4.69) is 44.2 Å². The van der Waals surface area contributed by atoms with Gasteiger partial charge in [-0.3, -0.25) is 19.6 Å². The summed E-state index contributed by atoms with van der Waals surface area (Å²) in [6.45, 7) is 15.9. The van der Waals surface area contributed by atoms with Gasteiger partial charge in [-0.1, -0.05) is 0 Å². The Kier molecular flexibility index (Phi) is 8.79. The number of carbonyl (C=O) groups is 1. The molecule has 1 amide bonds. The second-order valence-electron chi connectivity index (χ2n) is 7.92. The first-order chi connectivity index (χ1) is 12.9. The van der Waals surface area contributed by atoms with Crippen LogP contribution in [0.25, 0.3) is 0 Å². The number of hydrogen-bond donors (Lipinski definition) is 2. The number of carbonyl (C=O) groups excluding carboxylic acids is 1. The van der Waals surface area contributed by atoms with Crippen LogP contribution in [0, 0.1) is 0 Å². The van der Waals surface area contributed by atoms with Gasteiger partial charge in [-0.2, -0.15) is 0 Å². The first-order valence-corrected chi connectivity index (χ1v) is 10.2. The molecule has 0 aromatic carbocycles. The van der Waals surface area contributed by atoms with Crippen LogP contribution in [0.3, 0.4) is 0 Å². The lowest BCUT2D eigenvalue weighted by Gasteiger charge is -2.39. The van der Waals surface area contributed by atoms with E-state index in [-0.39, 0.29) is 11.9 Å². The van der Waals surface area contributed by atoms with Crippen LogP contribution in [0.2, 0.25) is 0 Å². The molecular formula is C19H38N6O2. The lowest BCUT2D eigenvalue weighted by molar-refractivity contribution is -0.123. The SMILES string of the molecule is CN=C(NCC(C)N1CCOCC1C)N1CCN(CC(=O)NC(C)C)CC1. The van der Waals surface area contributed by atoms with Gasteiger partial charge in [0.25, 0.3) is 0 Å². The summed E-state index contributed by atoms with van der Waals surface area (Å²) >= 11 is 0. The van der Waals surface area contributed by atoms with Crippen LogP contribution >= 0.6 is 0 Å². The van der Waals surface area contributed by atoms with E-state index < -0.39 is 0 Å². The molecule has 2 rings (SSSR count). The lowest BCUT2D eigenvalue weighted by Crippen LogP contribution is -2.56. The Balaban J connectivity index is 1.74. The summed E-state index contributed by atoms with van der Waals surface area (Å²) in [5.41, 5.74) is 0. The fourth-order valence-corrected chi connectivity index (χ4v) is 3.77. The minimum Gasteiger partial charge on any atom is -0.379 e. The van der Waals surface area contributed by atoms with Crippen molar-refractivity contribution in [2.45, 2.75) is 45.8 Å². The molecule has 156 valence electrons. The summed E-state index contributed by atoms with van der Waals surface area (Å²) in [6.07, 6.45) is 0. The largest absolute Gasteiger partial charge is 0.379 e. The van der Waals surface area contributed by atoms with Gasteiger partial charge in [-0.25, -0.2) is 0 Å². The van der Waals surface area contributed by atoms with Gasteiger partial charge < -0.3 is 20.3 Å². The normalized spacial score (nSPS) is 24.1. The topological polar surface area (TPSA) is 72.4 Å². The van der Waals surface area contributed by atoms with Crippen LogP contribution < -0.4 is 10.6 Å². The van der Waals surface area contributed by atoms with E-state index in [1.165, 1.54) is 0 Å². The number of nitrogens with one attached hydrogen (secondary N) is 2. The van der Waals surface area contributed by atoms with Gasteiger partial charge in [-0.15, -0.1) is 0 Å². The van der Waals surface area contributed by atoms with Gasteiger partial charge >= 0.3 is 0 Å². The summed E-state index contributed by atoms with van der Waals surface area (Å²) in [7, 11) is 1.84. The average Bonchev–Trinajstić information content (AvgIpc) is 2.63. The first kappa shape index (κ1) is 21.9. The molecule has 2 heterocycles. The molecule has 0 spiro atoms. The highest BCUT2D eigenvalue weighted by Gasteiger charge is 2.25. The van der Waals surface area contributed by atoms with Gasteiger partial charge in [0.1, 0.15) is 0 Å². The third-order valence-electron chi connectivity index (χ3n) is 5.24. The first-order valence-electron chi connectivity index (χ1n) is 10.2. The van der Waals surface area contributed by atoms with Crippen LogP contribution in [0.15, 0.2) is 4.99 Å². The number of hydrogen-bond acceptors (Lipinski definition) is 5. The van der Waals surface area contributed by atoms with Crippen molar-refractivity contribution in [2.75, 3.05) is 66.1 Å². The smallest absolute Gasteiger partial charge is 0.234 e. The van der Waals surface area contributed by atoms with Gasteiger partial charge in [0, 0.05) is 64.4 Å². The standard InChI is InChI=1S/C19H38N6O2/c1-15(2)22-18(26)13-23-6-8-24(9-7-23)19(20-5)21-12-16(3)25-10-11-27-14-17(25)4/h15-17H,6-14H2,1-5H3,(H,20,21)(H,22,26). The Morgan fingerprint density at radius 2 is 1.89 bits per heavy atom. The fourth-order valence-electron chi connectivity index (χ4n) is 3.77. The molecule has 0 aromatic heterocycles. The zero-order valence-electron chi connectivity index (χ0n) is 17.7. The highest BCUT2D eigenvalue weighted by molar-refractivity contribution is 5.80. The lowest BCUT2D eigenvalue weighted by atomic mass is 10.2. The monoisotopic (exact) mass is 382 g/mol. The van der Waals surface area contributed by atoms with E-state index in [0.29, 0.717) is 18.6 Å². The van der Waals surface area contributed by atoms with Crippen molar-refractivity contribution >= 4 is 11.9 Å². The maximum absolute atomic E-state index is 11.9. The number of piperazine rings is 1. The Morgan fingerprint density at radius 1 is 1.19 bits per heavy atom. The Bertz CT molecular complexity index is 491. The highest BCUT2D eigenvalue weighted by Crippen LogP contribution is 2.10. The van der Waals surface area contributed by atoms with Gasteiger partial charge in [0.15, 0.2) is 5.96 Å². The van der Waals surface area contributed by atoms with Crippen LogP contribution in [-0.2, 0) is 9.53 Å². The molecule has 2 aliphatic rings. The summed E-state index contributed by atoms with van der Waals surface area (Å²) < 4.78 is 5.54. The molecule has 2 N–H and O–H groups in total. The van der Waals surface area contributed by atoms with E-state index in [4.69, 9.17) is 4.74 Å². The van der Waals surface area contributed by atoms with Gasteiger partial charge in [-0.05, 0) is 27.7 Å². The second kappa shape index (κ2) is 10.8. The van der Waals surface area contributed by atoms with Crippen molar-refractivity contribution in [3.63, 3.8) is 0 Å². The number of ether oxygens (including phenoxy) is 1. The van der Waals surface area contributed by atoms with E-state index >= 15 is 0 Å². The molecule has 0 aliphatic carbocycles. The second-order valence-corrected chi connectivity index (χ2v) is 7.92. The number of rotatable bonds is 6. The summed E-state index contributed by atoms with van der Waals surface area (Å²) in [5.74, 6) is 1.06. The number of amides is 1. The van der Waals surface area contributed by atoms with Crippen molar-refractivity contribution in [1.82, 2.24) is 25.3 Å². The zero-order valence-corrected chi connectivity index (χ0v) is 17.7. The van der Waals surface area contributed by atoms with Crippen LogP contribution in [0.5, 0.6) is 0 Å². The molecule has 0 saturated carbocycles. The molecule has 0 aromatic rings. The molecule has 27 heavy (non-hydrogen) atoms. The van der Waals surface area contributed by atoms with Gasteiger partial charge in [0.2, 0.25) is 5.91 Å². The Labute approximate surface area is 164 Å². The molecule has 2 unspecified atom stereocenters. The van der Waals surface area contributed by atoms with Crippen molar-refractivity contribution in [1.29, 1.82) is 0 Å². The van der Waals surface area contributed by atoms with Crippen molar-refractivity contribution < 1.29 is 9.53 Å². The zero-order chi connectivity index (χ0) is 19.8. The van der Waals surface area contributed by atoms with E-state index in [1.807, 2.05) is 20.9 Å². The Morgan fingerprint density at radius 3 is 2.48 bits per heavy atom. The quantitative estimate of drug-likeness (QED) is 0.490.